The van der Waals surface area contributed by atoms with Crippen LogP contribution in [0.25, 0.3) is 0 Å². The first kappa shape index (κ1) is 19.0. The van der Waals surface area contributed by atoms with E-state index in [1.165, 1.54) is 77.0 Å². The number of nitrogens with one attached hydrogen (secondary N) is 1. The summed E-state index contributed by atoms with van der Waals surface area (Å²) in [5, 5.41) is 3.44. The molecule has 1 nitrogen and oxygen atoms in total. The first-order valence-electron chi connectivity index (χ1n) is 8.89. The maximum absolute atomic E-state index is 3.44. The van der Waals surface area contributed by atoms with Gasteiger partial charge in [-0.05, 0) is 19.4 Å². The largest absolute Gasteiger partial charge is 0.317 e. The van der Waals surface area contributed by atoms with Gasteiger partial charge in [0.25, 0.3) is 0 Å². The van der Waals surface area contributed by atoms with Crippen LogP contribution in [-0.2, 0) is 0 Å². The van der Waals surface area contributed by atoms with Gasteiger partial charge in [0, 0.05) is 6.04 Å². The van der Waals surface area contributed by atoms with Gasteiger partial charge in [-0.25, -0.2) is 0 Å². The van der Waals surface area contributed by atoms with Gasteiger partial charge in [-0.15, -0.1) is 0 Å². The molecule has 0 aromatic rings. The molecule has 0 amide bonds. The van der Waals surface area contributed by atoms with Gasteiger partial charge in [-0.2, -0.15) is 0 Å². The van der Waals surface area contributed by atoms with Crippen molar-refractivity contribution in [3.63, 3.8) is 0 Å². The molecule has 1 atom stereocenters. The van der Waals surface area contributed by atoms with Crippen molar-refractivity contribution in [3.8, 4) is 0 Å². The minimum atomic E-state index is 0.721. The molecule has 0 saturated heterocycles. The third kappa shape index (κ3) is 12.7. The molecule has 1 N–H and O–H groups in total. The minimum Gasteiger partial charge on any atom is -0.317 e. The smallest absolute Gasteiger partial charge is 0.00870 e. The fourth-order valence-electron chi connectivity index (χ4n) is 2.84. The van der Waals surface area contributed by atoms with Crippen LogP contribution in [0.15, 0.2) is 0 Å². The summed E-state index contributed by atoms with van der Waals surface area (Å²) in [6.45, 7) is 6.93. The Bertz CT molecular complexity index is 165. The summed E-state index contributed by atoms with van der Waals surface area (Å²) >= 11 is 0. The second-order valence-electron chi connectivity index (χ2n) is 6.46. The van der Waals surface area contributed by atoms with E-state index in [9.17, 15) is 0 Å². The van der Waals surface area contributed by atoms with Crippen molar-refractivity contribution in [2.24, 2.45) is 5.92 Å². The van der Waals surface area contributed by atoms with Crippen molar-refractivity contribution in [1.82, 2.24) is 5.32 Å². The molecule has 0 aliphatic rings. The summed E-state index contributed by atoms with van der Waals surface area (Å²) in [5.41, 5.74) is 0. The van der Waals surface area contributed by atoms with E-state index in [2.05, 4.69) is 33.1 Å². The van der Waals surface area contributed by atoms with Gasteiger partial charge in [0.05, 0.1) is 0 Å². The van der Waals surface area contributed by atoms with E-state index in [-0.39, 0.29) is 0 Å². The van der Waals surface area contributed by atoms with Crippen LogP contribution in [-0.4, -0.2) is 13.1 Å². The summed E-state index contributed by atoms with van der Waals surface area (Å²) in [6.07, 6.45) is 17.2. The third-order valence-electron chi connectivity index (χ3n) is 4.29. The number of hydrogen-bond acceptors (Lipinski definition) is 1. The van der Waals surface area contributed by atoms with Gasteiger partial charge in [0.2, 0.25) is 0 Å². The number of hydrogen-bond donors (Lipinski definition) is 1. The summed E-state index contributed by atoms with van der Waals surface area (Å²) in [5.74, 6) is 0.771. The Morgan fingerprint density at radius 1 is 0.684 bits per heavy atom. The van der Waals surface area contributed by atoms with Crippen LogP contribution in [0.3, 0.4) is 0 Å². The topological polar surface area (TPSA) is 12.0 Å². The van der Waals surface area contributed by atoms with E-state index in [1.54, 1.807) is 0 Å². The molecule has 0 saturated carbocycles. The molecule has 0 aromatic heterocycles. The quantitative estimate of drug-likeness (QED) is 0.385. The second-order valence-corrected chi connectivity index (χ2v) is 6.46. The Hall–Kier alpha value is -0.0400. The Balaban J connectivity index is 3.14. The summed E-state index contributed by atoms with van der Waals surface area (Å²) < 4.78 is 0. The molecule has 1 unspecified atom stereocenters. The molecule has 19 heavy (non-hydrogen) atoms. The van der Waals surface area contributed by atoms with Gasteiger partial charge in [-0.1, -0.05) is 91.4 Å². The average molecular weight is 270 g/mol. The second kappa shape index (κ2) is 14.4. The highest BCUT2D eigenvalue weighted by Gasteiger charge is 2.09. The summed E-state index contributed by atoms with van der Waals surface area (Å²) in [6, 6.07) is 0.721. The van der Waals surface area contributed by atoms with Crippen molar-refractivity contribution in [1.29, 1.82) is 0 Å². The lowest BCUT2D eigenvalue weighted by Gasteiger charge is -2.19. The molecule has 0 rings (SSSR count). The SMILES string of the molecule is CCCCCCCCCCCCCC(NC)C(C)C. The van der Waals surface area contributed by atoms with Crippen LogP contribution in [0.1, 0.15) is 97.8 Å². The number of unbranched alkanes of at least 4 members (excludes halogenated alkanes) is 10. The fraction of sp³-hybridized carbons (Fsp3) is 1.00. The van der Waals surface area contributed by atoms with Crippen LogP contribution in [0.4, 0.5) is 0 Å². The maximum atomic E-state index is 3.44. The van der Waals surface area contributed by atoms with E-state index in [1.807, 2.05) is 0 Å². The van der Waals surface area contributed by atoms with Gasteiger partial charge < -0.3 is 5.32 Å². The molecule has 0 aliphatic heterocycles. The summed E-state index contributed by atoms with van der Waals surface area (Å²) in [4.78, 5) is 0. The molecular formula is C18H39N. The Morgan fingerprint density at radius 2 is 1.11 bits per heavy atom. The predicted octanol–water partition coefficient (Wildman–Crippen LogP) is 5.93. The van der Waals surface area contributed by atoms with Gasteiger partial charge in [-0.3, -0.25) is 0 Å². The van der Waals surface area contributed by atoms with E-state index in [4.69, 9.17) is 0 Å². The van der Waals surface area contributed by atoms with E-state index in [0.717, 1.165) is 12.0 Å². The van der Waals surface area contributed by atoms with Crippen molar-refractivity contribution >= 4 is 0 Å². The predicted molar refractivity (Wildman–Crippen MR) is 88.8 cm³/mol. The molecule has 116 valence electrons. The highest BCUT2D eigenvalue weighted by Crippen LogP contribution is 2.14. The number of rotatable bonds is 14. The molecular weight excluding hydrogens is 230 g/mol. The molecule has 0 bridgehead atoms. The lowest BCUT2D eigenvalue weighted by molar-refractivity contribution is 0.385. The first-order chi connectivity index (χ1) is 9.22. The van der Waals surface area contributed by atoms with Gasteiger partial charge in [0.15, 0.2) is 0 Å². The zero-order valence-electron chi connectivity index (χ0n) is 14.1. The van der Waals surface area contributed by atoms with E-state index in [0.29, 0.717) is 0 Å². The third-order valence-corrected chi connectivity index (χ3v) is 4.29. The lowest BCUT2D eigenvalue weighted by atomic mass is 9.97. The molecule has 0 radical (unpaired) electrons. The van der Waals surface area contributed by atoms with Gasteiger partial charge in [0.1, 0.15) is 0 Å². The fourth-order valence-corrected chi connectivity index (χ4v) is 2.84. The van der Waals surface area contributed by atoms with Crippen LogP contribution in [0.5, 0.6) is 0 Å². The molecule has 0 spiro atoms. The molecule has 0 fully saturated rings. The highest BCUT2D eigenvalue weighted by atomic mass is 14.9. The standard InChI is InChI=1S/C18H39N/c1-5-6-7-8-9-10-11-12-13-14-15-16-18(19-4)17(2)3/h17-19H,5-16H2,1-4H3. The lowest BCUT2D eigenvalue weighted by Crippen LogP contribution is -2.30. The van der Waals surface area contributed by atoms with Crippen molar-refractivity contribution in [3.05, 3.63) is 0 Å². The van der Waals surface area contributed by atoms with Gasteiger partial charge >= 0.3 is 0 Å². The summed E-state index contributed by atoms with van der Waals surface area (Å²) in [7, 11) is 2.10. The van der Waals surface area contributed by atoms with Crippen LogP contribution in [0.2, 0.25) is 0 Å². The zero-order chi connectivity index (χ0) is 14.3. The zero-order valence-corrected chi connectivity index (χ0v) is 14.1. The average Bonchev–Trinajstić information content (AvgIpc) is 2.40. The van der Waals surface area contributed by atoms with Crippen molar-refractivity contribution in [2.45, 2.75) is 104 Å². The molecule has 1 heteroatoms. The van der Waals surface area contributed by atoms with E-state index < -0.39 is 0 Å². The molecule has 0 aromatic carbocycles. The monoisotopic (exact) mass is 269 g/mol. The van der Waals surface area contributed by atoms with Crippen LogP contribution < -0.4 is 5.32 Å². The van der Waals surface area contributed by atoms with Crippen molar-refractivity contribution in [2.75, 3.05) is 7.05 Å². The van der Waals surface area contributed by atoms with Crippen LogP contribution >= 0.6 is 0 Å². The molecule has 0 heterocycles. The van der Waals surface area contributed by atoms with Crippen molar-refractivity contribution < 1.29 is 0 Å². The normalized spacial score (nSPS) is 13.1. The Morgan fingerprint density at radius 3 is 1.47 bits per heavy atom. The highest BCUT2D eigenvalue weighted by molar-refractivity contribution is 4.67. The maximum Gasteiger partial charge on any atom is 0.00870 e. The Labute approximate surface area is 122 Å². The first-order valence-corrected chi connectivity index (χ1v) is 8.89. The molecule has 0 aliphatic carbocycles. The van der Waals surface area contributed by atoms with Crippen LogP contribution in [0, 0.1) is 5.92 Å². The minimum absolute atomic E-state index is 0.721. The Kier molecular flexibility index (Phi) is 14.3. The van der Waals surface area contributed by atoms with E-state index >= 15 is 0 Å².